The molecule has 2 unspecified atom stereocenters. The molecule has 0 N–H and O–H groups in total. The summed E-state index contributed by atoms with van der Waals surface area (Å²) in [5, 5.41) is 23.2. The highest BCUT2D eigenvalue weighted by atomic mass is 35.5. The molecule has 0 fully saturated rings. The first kappa shape index (κ1) is 24.7. The number of nitro benzene ring substituents is 2. The van der Waals surface area contributed by atoms with Gasteiger partial charge in [-0.1, -0.05) is 96.0 Å². The van der Waals surface area contributed by atoms with Crippen LogP contribution in [0.25, 0.3) is 0 Å². The number of nitrogens with zero attached hydrogens (tertiary/aromatic N) is 2. The zero-order valence-corrected chi connectivity index (χ0v) is 20.4. The molecule has 0 bridgehead atoms. The van der Waals surface area contributed by atoms with E-state index in [0.717, 1.165) is 11.1 Å². The van der Waals surface area contributed by atoms with E-state index in [1.807, 2.05) is 60.7 Å². The lowest BCUT2D eigenvalue weighted by atomic mass is 10.0. The average molecular weight is 525 g/mol. The Bertz CT molecular complexity index is 1270. The predicted octanol–water partition coefficient (Wildman–Crippen LogP) is 8.42. The van der Waals surface area contributed by atoms with Crippen LogP contribution in [-0.4, -0.2) is 9.85 Å². The number of benzene rings is 4. The van der Waals surface area contributed by atoms with Gasteiger partial charge in [-0.3, -0.25) is 20.2 Å². The number of rotatable bonds is 8. The van der Waals surface area contributed by atoms with Crippen molar-refractivity contribution in [1.82, 2.24) is 0 Å². The summed E-state index contributed by atoms with van der Waals surface area (Å²) in [4.78, 5) is 23.0. The molecule has 35 heavy (non-hydrogen) atoms. The summed E-state index contributed by atoms with van der Waals surface area (Å²) in [5.41, 5.74) is 1.93. The Balaban J connectivity index is 1.97. The van der Waals surface area contributed by atoms with Crippen molar-refractivity contribution in [3.8, 4) is 0 Å². The van der Waals surface area contributed by atoms with Crippen molar-refractivity contribution in [3.05, 3.63) is 150 Å². The van der Waals surface area contributed by atoms with Crippen molar-refractivity contribution in [2.24, 2.45) is 0 Å². The van der Waals surface area contributed by atoms with Crippen molar-refractivity contribution in [2.45, 2.75) is 10.5 Å². The maximum atomic E-state index is 12.0. The number of halogens is 2. The van der Waals surface area contributed by atoms with Gasteiger partial charge in [0.2, 0.25) is 0 Å². The molecule has 6 nitrogen and oxygen atoms in total. The van der Waals surface area contributed by atoms with Gasteiger partial charge in [0, 0.05) is 12.1 Å². The highest BCUT2D eigenvalue weighted by molar-refractivity contribution is 8.00. The molecule has 9 heteroatoms. The van der Waals surface area contributed by atoms with E-state index >= 15 is 0 Å². The summed E-state index contributed by atoms with van der Waals surface area (Å²) in [5.74, 6) is 0. The third-order valence-electron chi connectivity index (χ3n) is 5.45. The molecule has 4 aromatic rings. The molecule has 176 valence electrons. The molecule has 0 aliphatic carbocycles. The molecular formula is C26H18Cl2N2O4S. The van der Waals surface area contributed by atoms with E-state index in [1.54, 1.807) is 12.1 Å². The van der Waals surface area contributed by atoms with Crippen molar-refractivity contribution in [1.29, 1.82) is 0 Å². The highest BCUT2D eigenvalue weighted by Gasteiger charge is 2.34. The molecule has 0 spiro atoms. The molecule has 2 atom stereocenters. The predicted molar refractivity (Wildman–Crippen MR) is 140 cm³/mol. The lowest BCUT2D eigenvalue weighted by Crippen LogP contribution is -2.09. The first-order valence-corrected chi connectivity index (χ1v) is 12.2. The second-order valence-electron chi connectivity index (χ2n) is 7.58. The molecule has 4 rings (SSSR count). The Kier molecular flexibility index (Phi) is 7.70. The quantitative estimate of drug-likeness (QED) is 0.170. The summed E-state index contributed by atoms with van der Waals surface area (Å²) in [6.07, 6.45) is 0. The number of hydrogen-bond acceptors (Lipinski definition) is 5. The smallest absolute Gasteiger partial charge is 0.258 e. The van der Waals surface area contributed by atoms with Crippen LogP contribution in [0, 0.1) is 20.2 Å². The van der Waals surface area contributed by atoms with E-state index in [0.29, 0.717) is 11.1 Å². The van der Waals surface area contributed by atoms with Gasteiger partial charge in [-0.25, -0.2) is 0 Å². The lowest BCUT2D eigenvalue weighted by Gasteiger charge is -2.26. The Morgan fingerprint density at radius 2 is 0.943 bits per heavy atom. The number of thioether (sulfide) groups is 1. The van der Waals surface area contributed by atoms with E-state index in [2.05, 4.69) is 0 Å². The van der Waals surface area contributed by atoms with Gasteiger partial charge in [0.15, 0.2) is 0 Å². The summed E-state index contributed by atoms with van der Waals surface area (Å²) in [6.45, 7) is 0. The summed E-state index contributed by atoms with van der Waals surface area (Å²) in [7, 11) is 0. The maximum absolute atomic E-state index is 12.0. The highest BCUT2D eigenvalue weighted by Crippen LogP contribution is 2.53. The van der Waals surface area contributed by atoms with Crippen molar-refractivity contribution in [2.75, 3.05) is 0 Å². The van der Waals surface area contributed by atoms with Crippen LogP contribution in [0.1, 0.15) is 32.8 Å². The average Bonchev–Trinajstić information content (AvgIpc) is 2.86. The second kappa shape index (κ2) is 10.9. The van der Waals surface area contributed by atoms with Gasteiger partial charge in [-0.2, -0.15) is 0 Å². The molecule has 0 aliphatic heterocycles. The van der Waals surface area contributed by atoms with Crippen LogP contribution in [-0.2, 0) is 0 Å². The molecule has 0 heterocycles. The molecule has 0 aliphatic rings. The molecule has 4 aromatic carbocycles. The van der Waals surface area contributed by atoms with E-state index in [-0.39, 0.29) is 21.4 Å². The SMILES string of the molecule is O=[N+]([O-])c1cccc(Cl)c1C(SC(c1ccccc1)c1c(Cl)cccc1[N+](=O)[O-])c1ccccc1. The van der Waals surface area contributed by atoms with Crippen LogP contribution >= 0.6 is 35.0 Å². The van der Waals surface area contributed by atoms with Crippen molar-refractivity contribution in [3.63, 3.8) is 0 Å². The van der Waals surface area contributed by atoms with Crippen LogP contribution < -0.4 is 0 Å². The van der Waals surface area contributed by atoms with E-state index < -0.39 is 20.3 Å². The van der Waals surface area contributed by atoms with Crippen LogP contribution in [0.5, 0.6) is 0 Å². The largest absolute Gasteiger partial charge is 0.275 e. The van der Waals surface area contributed by atoms with Gasteiger partial charge >= 0.3 is 0 Å². The third kappa shape index (κ3) is 5.32. The molecular weight excluding hydrogens is 507 g/mol. The first-order valence-electron chi connectivity index (χ1n) is 10.5. The van der Waals surface area contributed by atoms with Crippen LogP contribution in [0.4, 0.5) is 11.4 Å². The minimum atomic E-state index is -0.619. The first-order chi connectivity index (χ1) is 16.9. The van der Waals surface area contributed by atoms with E-state index in [9.17, 15) is 20.2 Å². The zero-order valence-electron chi connectivity index (χ0n) is 18.1. The lowest BCUT2D eigenvalue weighted by molar-refractivity contribution is -0.385. The Morgan fingerprint density at radius 3 is 1.29 bits per heavy atom. The second-order valence-corrected chi connectivity index (χ2v) is 9.61. The standard InChI is InChI=1S/C26H18Cl2N2O4S/c27-19-13-7-15-21(29(31)32)23(19)25(17-9-3-1-4-10-17)35-26(18-11-5-2-6-12-18)24-20(28)14-8-16-22(24)30(33)34/h1-16,25-26H. The molecule has 0 radical (unpaired) electrons. The topological polar surface area (TPSA) is 86.3 Å². The maximum Gasteiger partial charge on any atom is 0.275 e. The monoisotopic (exact) mass is 524 g/mol. The van der Waals surface area contributed by atoms with Gasteiger partial charge in [0.1, 0.15) is 0 Å². The van der Waals surface area contributed by atoms with Crippen molar-refractivity contribution < 1.29 is 9.85 Å². The summed E-state index contributed by atoms with van der Waals surface area (Å²) < 4.78 is 0. The molecule has 0 saturated carbocycles. The fraction of sp³-hybridized carbons (Fsp3) is 0.0769. The van der Waals surface area contributed by atoms with E-state index in [4.69, 9.17) is 23.2 Å². The van der Waals surface area contributed by atoms with Gasteiger partial charge in [0.25, 0.3) is 11.4 Å². The summed E-state index contributed by atoms with van der Waals surface area (Å²) >= 11 is 14.4. The minimum Gasteiger partial charge on any atom is -0.258 e. The van der Waals surface area contributed by atoms with Gasteiger partial charge < -0.3 is 0 Å². The third-order valence-corrected chi connectivity index (χ3v) is 7.67. The zero-order chi connectivity index (χ0) is 24.9. The Hall–Kier alpha value is -3.39. The fourth-order valence-corrected chi connectivity index (χ4v) is 6.26. The molecule has 0 aromatic heterocycles. The van der Waals surface area contributed by atoms with Crippen LogP contribution in [0.2, 0.25) is 10.0 Å². The Labute approximate surface area is 215 Å². The number of nitro groups is 2. The summed E-state index contributed by atoms with van der Waals surface area (Å²) in [6, 6.07) is 27.5. The van der Waals surface area contributed by atoms with Gasteiger partial charge in [-0.15, -0.1) is 11.8 Å². The van der Waals surface area contributed by atoms with Crippen LogP contribution in [0.3, 0.4) is 0 Å². The van der Waals surface area contributed by atoms with Crippen LogP contribution in [0.15, 0.2) is 97.1 Å². The minimum absolute atomic E-state index is 0.126. The van der Waals surface area contributed by atoms with Gasteiger partial charge in [0.05, 0.1) is 41.5 Å². The Morgan fingerprint density at radius 1 is 0.571 bits per heavy atom. The molecule has 0 saturated heterocycles. The number of hydrogen-bond donors (Lipinski definition) is 0. The van der Waals surface area contributed by atoms with Crippen molar-refractivity contribution >= 4 is 46.3 Å². The van der Waals surface area contributed by atoms with Gasteiger partial charge in [-0.05, 0) is 23.3 Å². The fourth-order valence-electron chi connectivity index (χ4n) is 3.91. The molecule has 0 amide bonds. The van der Waals surface area contributed by atoms with E-state index in [1.165, 1.54) is 36.0 Å². The normalized spacial score (nSPS) is 12.6.